The highest BCUT2D eigenvalue weighted by Gasteiger charge is 2.17. The summed E-state index contributed by atoms with van der Waals surface area (Å²) in [6.45, 7) is 0. The Bertz CT molecular complexity index is 378. The maximum absolute atomic E-state index is 10.6. The van der Waals surface area contributed by atoms with Gasteiger partial charge in [-0.25, -0.2) is 0 Å². The van der Waals surface area contributed by atoms with Crippen molar-refractivity contribution in [3.8, 4) is 11.5 Å². The van der Waals surface area contributed by atoms with Crippen LogP contribution in [0.25, 0.3) is 0 Å². The van der Waals surface area contributed by atoms with Gasteiger partial charge < -0.3 is 14.6 Å². The second kappa shape index (κ2) is 5.61. The molecule has 0 saturated heterocycles. The normalized spacial score (nSPS) is 11.9. The highest BCUT2D eigenvalue weighted by Crippen LogP contribution is 2.34. The van der Waals surface area contributed by atoms with Gasteiger partial charge in [-0.2, -0.15) is 0 Å². The van der Waals surface area contributed by atoms with Crippen molar-refractivity contribution in [3.63, 3.8) is 0 Å². The van der Waals surface area contributed by atoms with Crippen molar-refractivity contribution in [1.82, 2.24) is 0 Å². The first kappa shape index (κ1) is 12.6. The van der Waals surface area contributed by atoms with Crippen LogP contribution in [-0.4, -0.2) is 25.3 Å². The van der Waals surface area contributed by atoms with E-state index in [2.05, 4.69) is 0 Å². The number of carboxylic acids is 1. The molecule has 0 bridgehead atoms. The number of halogens is 1. The van der Waals surface area contributed by atoms with E-state index < -0.39 is 11.3 Å². The number of ether oxygens (including phenoxy) is 2. The number of carboxylic acid groups (broad SMARTS) is 1. The van der Waals surface area contributed by atoms with Gasteiger partial charge in [0, 0.05) is 5.56 Å². The summed E-state index contributed by atoms with van der Waals surface area (Å²) in [7, 11) is 3.04. The Hall–Kier alpha value is -1.42. The quantitative estimate of drug-likeness (QED) is 0.809. The zero-order valence-electron chi connectivity index (χ0n) is 9.07. The van der Waals surface area contributed by atoms with E-state index in [1.165, 1.54) is 14.2 Å². The Labute approximate surface area is 98.7 Å². The van der Waals surface area contributed by atoms with Gasteiger partial charge in [0.2, 0.25) is 0 Å². The number of methoxy groups -OCH3 is 2. The Morgan fingerprint density at radius 2 is 2.12 bits per heavy atom. The molecule has 1 rings (SSSR count). The first-order valence-electron chi connectivity index (χ1n) is 4.66. The number of benzene rings is 1. The summed E-state index contributed by atoms with van der Waals surface area (Å²) in [5.74, 6) is 0.221. The summed E-state index contributed by atoms with van der Waals surface area (Å²) in [6, 6.07) is 5.11. The zero-order chi connectivity index (χ0) is 12.1. The molecule has 5 heteroatoms. The highest BCUT2D eigenvalue weighted by atomic mass is 35.5. The fraction of sp³-hybridized carbons (Fsp3) is 0.364. The molecule has 0 aliphatic carbocycles. The molecule has 1 aromatic rings. The fourth-order valence-electron chi connectivity index (χ4n) is 1.35. The van der Waals surface area contributed by atoms with Gasteiger partial charge in [-0.1, -0.05) is 0 Å². The molecule has 0 spiro atoms. The number of aliphatic carboxylic acids is 1. The summed E-state index contributed by atoms with van der Waals surface area (Å²) in [5.41, 5.74) is 0.617. The second-order valence-electron chi connectivity index (χ2n) is 3.17. The highest BCUT2D eigenvalue weighted by molar-refractivity contribution is 6.22. The topological polar surface area (TPSA) is 55.8 Å². The van der Waals surface area contributed by atoms with E-state index in [1.54, 1.807) is 18.2 Å². The Balaban J connectivity index is 3.02. The zero-order valence-corrected chi connectivity index (χ0v) is 9.82. The third-order valence-electron chi connectivity index (χ3n) is 2.13. The molecule has 0 amide bonds. The van der Waals surface area contributed by atoms with Crippen molar-refractivity contribution in [2.75, 3.05) is 14.2 Å². The first-order chi connectivity index (χ1) is 7.58. The van der Waals surface area contributed by atoms with Crippen LogP contribution in [0.1, 0.15) is 17.4 Å². The lowest BCUT2D eigenvalue weighted by atomic mass is 10.1. The van der Waals surface area contributed by atoms with Crippen LogP contribution in [0.15, 0.2) is 18.2 Å². The lowest BCUT2D eigenvalue weighted by Crippen LogP contribution is -2.03. The third-order valence-corrected chi connectivity index (χ3v) is 2.52. The summed E-state index contributed by atoms with van der Waals surface area (Å²) in [5, 5.41) is 8.04. The monoisotopic (exact) mass is 244 g/mol. The summed E-state index contributed by atoms with van der Waals surface area (Å²) in [6.07, 6.45) is -0.162. The lowest BCUT2D eigenvalue weighted by Gasteiger charge is -2.13. The number of alkyl halides is 1. The van der Waals surface area contributed by atoms with Gasteiger partial charge >= 0.3 is 5.97 Å². The van der Waals surface area contributed by atoms with Crippen LogP contribution in [-0.2, 0) is 4.79 Å². The summed E-state index contributed by atoms with van der Waals surface area (Å²) < 4.78 is 10.2. The number of hydrogen-bond acceptors (Lipinski definition) is 3. The molecule has 0 heterocycles. The van der Waals surface area contributed by atoms with Crippen LogP contribution in [0, 0.1) is 0 Å². The number of carbonyl (C=O) groups is 1. The van der Waals surface area contributed by atoms with Gasteiger partial charge in [0.15, 0.2) is 0 Å². The van der Waals surface area contributed by atoms with E-state index in [0.29, 0.717) is 17.1 Å². The van der Waals surface area contributed by atoms with Crippen molar-refractivity contribution in [3.05, 3.63) is 23.8 Å². The van der Waals surface area contributed by atoms with Crippen molar-refractivity contribution >= 4 is 17.6 Å². The molecule has 0 fully saturated rings. The van der Waals surface area contributed by atoms with E-state index in [4.69, 9.17) is 26.2 Å². The molecule has 1 N–H and O–H groups in total. The predicted octanol–water partition coefficient (Wildman–Crippen LogP) is 2.46. The molecule has 0 saturated carbocycles. The molecule has 0 aliphatic rings. The van der Waals surface area contributed by atoms with Gasteiger partial charge in [-0.15, -0.1) is 11.6 Å². The van der Waals surface area contributed by atoms with Crippen LogP contribution >= 0.6 is 11.6 Å². The molecular formula is C11H13ClO4. The summed E-state index contributed by atoms with van der Waals surface area (Å²) in [4.78, 5) is 10.6. The van der Waals surface area contributed by atoms with Gasteiger partial charge in [-0.3, -0.25) is 4.79 Å². The Morgan fingerprint density at radius 1 is 1.44 bits per heavy atom. The molecular weight excluding hydrogens is 232 g/mol. The standard InChI is InChI=1S/C11H13ClO4/c1-15-7-3-4-10(16-2)8(5-7)9(12)6-11(13)14/h3-5,9H,6H2,1-2H3,(H,13,14). The maximum atomic E-state index is 10.6. The third kappa shape index (κ3) is 3.03. The van der Waals surface area contributed by atoms with E-state index in [-0.39, 0.29) is 6.42 Å². The minimum atomic E-state index is -0.954. The van der Waals surface area contributed by atoms with E-state index in [0.717, 1.165) is 0 Å². The number of rotatable bonds is 5. The summed E-state index contributed by atoms with van der Waals surface area (Å²) >= 11 is 6.00. The first-order valence-corrected chi connectivity index (χ1v) is 5.10. The van der Waals surface area contributed by atoms with Crippen molar-refractivity contribution in [2.45, 2.75) is 11.8 Å². The van der Waals surface area contributed by atoms with Crippen LogP contribution in [0.4, 0.5) is 0 Å². The van der Waals surface area contributed by atoms with Crippen LogP contribution < -0.4 is 9.47 Å². The fourth-order valence-corrected chi connectivity index (χ4v) is 1.65. The van der Waals surface area contributed by atoms with E-state index >= 15 is 0 Å². The van der Waals surface area contributed by atoms with Crippen LogP contribution in [0.5, 0.6) is 11.5 Å². The molecule has 1 aromatic carbocycles. The van der Waals surface area contributed by atoms with E-state index in [9.17, 15) is 4.79 Å². The molecule has 4 nitrogen and oxygen atoms in total. The average Bonchev–Trinajstić information content (AvgIpc) is 2.27. The molecule has 0 aromatic heterocycles. The molecule has 0 aliphatic heterocycles. The van der Waals surface area contributed by atoms with Gasteiger partial charge in [0.25, 0.3) is 0 Å². The largest absolute Gasteiger partial charge is 0.497 e. The predicted molar refractivity (Wildman–Crippen MR) is 60.4 cm³/mol. The minimum absolute atomic E-state index is 0.162. The van der Waals surface area contributed by atoms with Gasteiger partial charge in [0.1, 0.15) is 11.5 Å². The van der Waals surface area contributed by atoms with Crippen molar-refractivity contribution in [2.24, 2.45) is 0 Å². The van der Waals surface area contributed by atoms with Gasteiger partial charge in [0.05, 0.1) is 26.0 Å². The van der Waals surface area contributed by atoms with Crippen molar-refractivity contribution < 1.29 is 19.4 Å². The van der Waals surface area contributed by atoms with Crippen LogP contribution in [0.3, 0.4) is 0 Å². The molecule has 1 atom stereocenters. The molecule has 16 heavy (non-hydrogen) atoms. The SMILES string of the molecule is COc1ccc(OC)c(C(Cl)CC(=O)O)c1. The molecule has 1 unspecified atom stereocenters. The van der Waals surface area contributed by atoms with Crippen molar-refractivity contribution in [1.29, 1.82) is 0 Å². The average molecular weight is 245 g/mol. The van der Waals surface area contributed by atoms with Gasteiger partial charge in [-0.05, 0) is 18.2 Å². The van der Waals surface area contributed by atoms with E-state index in [1.807, 2.05) is 0 Å². The van der Waals surface area contributed by atoms with Crippen LogP contribution in [0.2, 0.25) is 0 Å². The Morgan fingerprint density at radius 3 is 2.62 bits per heavy atom. The molecule has 0 radical (unpaired) electrons. The number of hydrogen-bond donors (Lipinski definition) is 1. The molecule has 88 valence electrons. The second-order valence-corrected chi connectivity index (χ2v) is 3.70. The Kier molecular flexibility index (Phi) is 4.43. The lowest BCUT2D eigenvalue weighted by molar-refractivity contribution is -0.137. The smallest absolute Gasteiger partial charge is 0.305 e. The maximum Gasteiger partial charge on any atom is 0.305 e. The minimum Gasteiger partial charge on any atom is -0.497 e.